The molecule has 0 aliphatic carbocycles. The highest BCUT2D eigenvalue weighted by Crippen LogP contribution is 2.14. The van der Waals surface area contributed by atoms with Crippen LogP contribution in [0, 0.1) is 11.6 Å². The summed E-state index contributed by atoms with van der Waals surface area (Å²) in [5, 5.41) is 11.2. The first-order valence-corrected chi connectivity index (χ1v) is 6.08. The molecule has 0 bridgehead atoms. The van der Waals surface area contributed by atoms with Crippen molar-refractivity contribution < 1.29 is 23.4 Å². The fraction of sp³-hybridized carbons (Fsp3) is 0.462. The molecule has 0 aliphatic rings. The second-order valence-corrected chi connectivity index (χ2v) is 4.03. The van der Waals surface area contributed by atoms with Crippen molar-refractivity contribution in [2.24, 2.45) is 0 Å². The summed E-state index contributed by atoms with van der Waals surface area (Å²) in [5.74, 6) is -1.87. The van der Waals surface area contributed by atoms with Gasteiger partial charge in [-0.2, -0.15) is 0 Å². The fourth-order valence-corrected chi connectivity index (χ4v) is 1.45. The van der Waals surface area contributed by atoms with E-state index >= 15 is 0 Å². The number of amides is 1. The Kier molecular flexibility index (Phi) is 6.81. The molecule has 0 saturated heterocycles. The van der Waals surface area contributed by atoms with Crippen LogP contribution in [-0.4, -0.2) is 30.8 Å². The molecule has 0 aliphatic heterocycles. The molecule has 106 valence electrons. The van der Waals surface area contributed by atoms with Gasteiger partial charge in [0.1, 0.15) is 17.4 Å². The zero-order valence-electron chi connectivity index (χ0n) is 10.5. The van der Waals surface area contributed by atoms with E-state index in [4.69, 9.17) is 9.84 Å². The lowest BCUT2D eigenvalue weighted by Gasteiger charge is -2.07. The monoisotopic (exact) mass is 273 g/mol. The van der Waals surface area contributed by atoms with E-state index in [1.54, 1.807) is 0 Å². The smallest absolute Gasteiger partial charge is 0.257 e. The lowest BCUT2D eigenvalue weighted by Crippen LogP contribution is -2.29. The van der Waals surface area contributed by atoms with Crippen molar-refractivity contribution in [2.75, 3.05) is 19.8 Å². The SMILES string of the molecule is O=C(COc1cc(F)cc(F)c1)NCCCCCO. The second-order valence-electron chi connectivity index (χ2n) is 4.03. The van der Waals surface area contributed by atoms with Crippen LogP contribution < -0.4 is 10.1 Å². The zero-order chi connectivity index (χ0) is 14.1. The molecule has 0 unspecified atom stereocenters. The molecule has 1 aromatic carbocycles. The maximum absolute atomic E-state index is 12.8. The molecule has 19 heavy (non-hydrogen) atoms. The van der Waals surface area contributed by atoms with Gasteiger partial charge in [0.05, 0.1) is 0 Å². The summed E-state index contributed by atoms with van der Waals surface area (Å²) >= 11 is 0. The van der Waals surface area contributed by atoms with Crippen molar-refractivity contribution in [3.05, 3.63) is 29.8 Å². The van der Waals surface area contributed by atoms with Crippen LogP contribution in [0.4, 0.5) is 8.78 Å². The van der Waals surface area contributed by atoms with E-state index in [9.17, 15) is 13.6 Å². The van der Waals surface area contributed by atoms with Crippen LogP contribution >= 0.6 is 0 Å². The topological polar surface area (TPSA) is 58.6 Å². The Balaban J connectivity index is 2.22. The first kappa shape index (κ1) is 15.4. The Hall–Kier alpha value is -1.69. The molecule has 0 heterocycles. The van der Waals surface area contributed by atoms with E-state index in [0.29, 0.717) is 13.0 Å². The highest BCUT2D eigenvalue weighted by molar-refractivity contribution is 5.77. The maximum atomic E-state index is 12.8. The van der Waals surface area contributed by atoms with E-state index in [0.717, 1.165) is 31.0 Å². The number of halogens is 2. The van der Waals surface area contributed by atoms with E-state index in [-0.39, 0.29) is 24.9 Å². The minimum atomic E-state index is -0.751. The predicted octanol–water partition coefficient (Wildman–Crippen LogP) is 1.62. The summed E-state index contributed by atoms with van der Waals surface area (Å²) < 4.78 is 30.6. The molecule has 6 heteroatoms. The van der Waals surface area contributed by atoms with Gasteiger partial charge in [-0.05, 0) is 19.3 Å². The minimum absolute atomic E-state index is 0.0204. The maximum Gasteiger partial charge on any atom is 0.257 e. The highest BCUT2D eigenvalue weighted by Gasteiger charge is 2.05. The average molecular weight is 273 g/mol. The number of hydrogen-bond donors (Lipinski definition) is 2. The molecule has 1 aromatic rings. The molecule has 0 atom stereocenters. The minimum Gasteiger partial charge on any atom is -0.484 e. The van der Waals surface area contributed by atoms with Gasteiger partial charge in [-0.1, -0.05) is 0 Å². The summed E-state index contributed by atoms with van der Waals surface area (Å²) in [5.41, 5.74) is 0. The normalized spacial score (nSPS) is 10.3. The quantitative estimate of drug-likeness (QED) is 0.708. The van der Waals surface area contributed by atoms with Gasteiger partial charge in [0.25, 0.3) is 5.91 Å². The van der Waals surface area contributed by atoms with Crippen LogP contribution in [0.1, 0.15) is 19.3 Å². The molecule has 1 rings (SSSR count). The van der Waals surface area contributed by atoms with E-state index < -0.39 is 11.6 Å². The van der Waals surface area contributed by atoms with Crippen molar-refractivity contribution in [2.45, 2.75) is 19.3 Å². The highest BCUT2D eigenvalue weighted by atomic mass is 19.1. The molecule has 2 N–H and O–H groups in total. The Labute approximate surface area is 110 Å². The number of nitrogens with one attached hydrogen (secondary N) is 1. The number of benzene rings is 1. The molecule has 4 nitrogen and oxygen atoms in total. The van der Waals surface area contributed by atoms with Gasteiger partial charge in [-0.25, -0.2) is 8.78 Å². The number of rotatable bonds is 8. The molecular weight excluding hydrogens is 256 g/mol. The third-order valence-electron chi connectivity index (χ3n) is 2.36. The summed E-state index contributed by atoms with van der Waals surface area (Å²) in [4.78, 5) is 11.3. The largest absolute Gasteiger partial charge is 0.484 e. The lowest BCUT2D eigenvalue weighted by molar-refractivity contribution is -0.123. The van der Waals surface area contributed by atoms with Crippen molar-refractivity contribution in [1.29, 1.82) is 0 Å². The molecule has 0 fully saturated rings. The number of carbonyl (C=O) groups is 1. The second kappa shape index (κ2) is 8.42. The molecule has 1 amide bonds. The fourth-order valence-electron chi connectivity index (χ4n) is 1.45. The molecule has 0 spiro atoms. The first-order chi connectivity index (χ1) is 9.11. The van der Waals surface area contributed by atoms with Gasteiger partial charge in [0.2, 0.25) is 0 Å². The summed E-state index contributed by atoms with van der Waals surface area (Å²) in [6.07, 6.45) is 2.29. The predicted molar refractivity (Wildman–Crippen MR) is 65.8 cm³/mol. The van der Waals surface area contributed by atoms with Gasteiger partial charge in [-0.3, -0.25) is 4.79 Å². The molecule has 0 saturated carbocycles. The summed E-state index contributed by atoms with van der Waals surface area (Å²) in [7, 11) is 0. The Morgan fingerprint density at radius 1 is 1.16 bits per heavy atom. The lowest BCUT2D eigenvalue weighted by atomic mass is 10.2. The van der Waals surface area contributed by atoms with Crippen molar-refractivity contribution in [3.63, 3.8) is 0 Å². The van der Waals surface area contributed by atoms with E-state index in [2.05, 4.69) is 5.32 Å². The average Bonchev–Trinajstić information content (AvgIpc) is 2.35. The Morgan fingerprint density at radius 3 is 2.47 bits per heavy atom. The van der Waals surface area contributed by atoms with E-state index in [1.807, 2.05) is 0 Å². The van der Waals surface area contributed by atoms with Crippen LogP contribution in [0.2, 0.25) is 0 Å². The third-order valence-corrected chi connectivity index (χ3v) is 2.36. The van der Waals surface area contributed by atoms with Crippen LogP contribution in [0.3, 0.4) is 0 Å². The van der Waals surface area contributed by atoms with Gasteiger partial charge >= 0.3 is 0 Å². The van der Waals surface area contributed by atoms with Gasteiger partial charge < -0.3 is 15.2 Å². The number of aliphatic hydroxyl groups excluding tert-OH is 1. The van der Waals surface area contributed by atoms with E-state index in [1.165, 1.54) is 0 Å². The zero-order valence-corrected chi connectivity index (χ0v) is 10.5. The number of ether oxygens (including phenoxy) is 1. The van der Waals surface area contributed by atoms with Crippen molar-refractivity contribution in [1.82, 2.24) is 5.32 Å². The summed E-state index contributed by atoms with van der Waals surface area (Å²) in [6.45, 7) is 0.338. The standard InChI is InChI=1S/C13H17F2NO3/c14-10-6-11(15)8-12(7-10)19-9-13(18)16-4-2-1-3-5-17/h6-8,17H,1-5,9H2,(H,16,18). The van der Waals surface area contributed by atoms with Crippen LogP contribution in [0.5, 0.6) is 5.75 Å². The number of carbonyl (C=O) groups excluding carboxylic acids is 1. The number of unbranched alkanes of at least 4 members (excludes halogenated alkanes) is 2. The van der Waals surface area contributed by atoms with Crippen molar-refractivity contribution in [3.8, 4) is 5.75 Å². The van der Waals surface area contributed by atoms with Gasteiger partial charge in [0, 0.05) is 31.4 Å². The van der Waals surface area contributed by atoms with Crippen LogP contribution in [-0.2, 0) is 4.79 Å². The Morgan fingerprint density at radius 2 is 1.84 bits per heavy atom. The third kappa shape index (κ3) is 6.71. The number of aliphatic hydroxyl groups is 1. The van der Waals surface area contributed by atoms with Gasteiger partial charge in [0.15, 0.2) is 6.61 Å². The number of hydrogen-bond acceptors (Lipinski definition) is 3. The molecule has 0 radical (unpaired) electrons. The first-order valence-electron chi connectivity index (χ1n) is 6.08. The molecule has 0 aromatic heterocycles. The van der Waals surface area contributed by atoms with Crippen LogP contribution in [0.15, 0.2) is 18.2 Å². The molecular formula is C13H17F2NO3. The summed E-state index contributed by atoms with van der Waals surface area (Å²) in [6, 6.07) is 2.75. The Bertz CT molecular complexity index is 393. The van der Waals surface area contributed by atoms with Crippen LogP contribution in [0.25, 0.3) is 0 Å². The van der Waals surface area contributed by atoms with Crippen molar-refractivity contribution >= 4 is 5.91 Å². The van der Waals surface area contributed by atoms with Gasteiger partial charge in [-0.15, -0.1) is 0 Å².